The molecule has 1 atom stereocenters. The number of amides is 2. The van der Waals surface area contributed by atoms with E-state index in [1.807, 2.05) is 36.9 Å². The van der Waals surface area contributed by atoms with Crippen LogP contribution < -0.4 is 20.7 Å². The average Bonchev–Trinajstić information content (AvgIpc) is 3.51. The highest BCUT2D eigenvalue weighted by atomic mass is 16.6. The maximum atomic E-state index is 13.8. The zero-order chi connectivity index (χ0) is 36.2. The van der Waals surface area contributed by atoms with Gasteiger partial charge in [-0.25, -0.2) is 30.0 Å². The smallest absolute Gasteiger partial charge is 0.415 e. The van der Waals surface area contributed by atoms with Crippen LogP contribution in [0.3, 0.4) is 0 Å². The minimum absolute atomic E-state index is 0.0562. The zero-order valence-electron chi connectivity index (χ0n) is 28.7. The summed E-state index contributed by atoms with van der Waals surface area (Å²) >= 11 is 0. The number of fused-ring (bicyclic) bond motifs is 5. The van der Waals surface area contributed by atoms with E-state index in [2.05, 4.69) is 9.97 Å². The summed E-state index contributed by atoms with van der Waals surface area (Å²) in [5.41, 5.74) is 4.40. The van der Waals surface area contributed by atoms with Gasteiger partial charge in [0.2, 0.25) is 5.95 Å². The van der Waals surface area contributed by atoms with Gasteiger partial charge in [0.25, 0.3) is 11.5 Å². The lowest BCUT2D eigenvalue weighted by atomic mass is 9.86. The Morgan fingerprint density at radius 1 is 1.06 bits per heavy atom. The SMILES string of the molecule is CCc1c2c(nc3ccc(OC(=O)N4CCN(c5ncc(C(=O)NO)cn5)CC4)c(CN(C)C)c13)-c1cc3c(c(=O)n1C2)COC(=O)[C@]3(O)CC. The average molecular weight is 699 g/mol. The van der Waals surface area contributed by atoms with Crippen LogP contribution in [0, 0.1) is 0 Å². The third-order valence-electron chi connectivity index (χ3n) is 9.88. The molecule has 2 amide bonds. The van der Waals surface area contributed by atoms with Crippen molar-refractivity contribution >= 4 is 34.8 Å². The van der Waals surface area contributed by atoms with Crippen molar-refractivity contribution in [2.45, 2.75) is 52.0 Å². The van der Waals surface area contributed by atoms with Crippen LogP contribution in [0.25, 0.3) is 22.3 Å². The van der Waals surface area contributed by atoms with E-state index in [0.717, 1.165) is 22.1 Å². The molecule has 7 rings (SSSR count). The van der Waals surface area contributed by atoms with Crippen LogP contribution in [0.2, 0.25) is 0 Å². The lowest BCUT2D eigenvalue weighted by Crippen LogP contribution is -2.50. The van der Waals surface area contributed by atoms with E-state index < -0.39 is 23.6 Å². The van der Waals surface area contributed by atoms with Gasteiger partial charge in [-0.15, -0.1) is 0 Å². The fraction of sp³-hybridized carbons (Fsp3) is 0.400. The van der Waals surface area contributed by atoms with Crippen LogP contribution in [-0.2, 0) is 41.2 Å². The molecule has 266 valence electrons. The number of anilines is 1. The van der Waals surface area contributed by atoms with Crippen LogP contribution in [0.1, 0.15) is 58.4 Å². The van der Waals surface area contributed by atoms with E-state index in [9.17, 15) is 24.3 Å². The van der Waals surface area contributed by atoms with Gasteiger partial charge in [-0.3, -0.25) is 14.8 Å². The molecule has 0 aliphatic carbocycles. The first-order chi connectivity index (χ1) is 24.5. The summed E-state index contributed by atoms with van der Waals surface area (Å²) < 4.78 is 12.9. The summed E-state index contributed by atoms with van der Waals surface area (Å²) in [5, 5.41) is 20.9. The van der Waals surface area contributed by atoms with Crippen molar-refractivity contribution in [1.82, 2.24) is 34.8 Å². The van der Waals surface area contributed by atoms with Crippen molar-refractivity contribution in [2.75, 3.05) is 45.2 Å². The fourth-order valence-corrected chi connectivity index (χ4v) is 7.19. The van der Waals surface area contributed by atoms with Crippen molar-refractivity contribution in [3.63, 3.8) is 0 Å². The molecule has 16 heteroatoms. The number of cyclic esters (lactones) is 1. The zero-order valence-corrected chi connectivity index (χ0v) is 28.7. The normalized spacial score (nSPS) is 18.0. The number of carbonyl (C=O) groups excluding carboxylic acids is 3. The van der Waals surface area contributed by atoms with E-state index in [4.69, 9.17) is 19.7 Å². The molecule has 0 spiro atoms. The molecule has 3 aliphatic heterocycles. The highest BCUT2D eigenvalue weighted by molar-refractivity contribution is 5.94. The summed E-state index contributed by atoms with van der Waals surface area (Å²) in [6.45, 7) is 5.81. The van der Waals surface area contributed by atoms with E-state index in [0.29, 0.717) is 67.7 Å². The lowest BCUT2D eigenvalue weighted by Gasteiger charge is -2.34. The number of hydroxylamine groups is 1. The van der Waals surface area contributed by atoms with Gasteiger partial charge >= 0.3 is 12.1 Å². The Morgan fingerprint density at radius 2 is 1.78 bits per heavy atom. The maximum absolute atomic E-state index is 13.8. The predicted octanol–water partition coefficient (Wildman–Crippen LogP) is 1.93. The molecular weight excluding hydrogens is 660 g/mol. The van der Waals surface area contributed by atoms with Crippen LogP contribution in [-0.4, -0.2) is 97.9 Å². The van der Waals surface area contributed by atoms with E-state index in [1.54, 1.807) is 34.0 Å². The molecule has 1 fully saturated rings. The Kier molecular flexibility index (Phi) is 8.69. The van der Waals surface area contributed by atoms with Gasteiger partial charge in [-0.05, 0) is 50.7 Å². The molecular formula is C35H38N8O8. The van der Waals surface area contributed by atoms with Crippen LogP contribution in [0.4, 0.5) is 10.7 Å². The molecule has 51 heavy (non-hydrogen) atoms. The van der Waals surface area contributed by atoms with Crippen molar-refractivity contribution in [3.8, 4) is 17.1 Å². The van der Waals surface area contributed by atoms with Gasteiger partial charge in [0.15, 0.2) is 5.60 Å². The minimum Gasteiger partial charge on any atom is -0.458 e. The second-order valence-corrected chi connectivity index (χ2v) is 13.1. The minimum atomic E-state index is -1.92. The highest BCUT2D eigenvalue weighted by Gasteiger charge is 2.45. The lowest BCUT2D eigenvalue weighted by molar-refractivity contribution is -0.172. The van der Waals surface area contributed by atoms with Crippen molar-refractivity contribution in [1.29, 1.82) is 0 Å². The third kappa shape index (κ3) is 5.64. The predicted molar refractivity (Wildman–Crippen MR) is 182 cm³/mol. The number of aryl methyl sites for hydroxylation is 1. The number of aromatic nitrogens is 4. The summed E-state index contributed by atoms with van der Waals surface area (Å²) in [7, 11) is 3.86. The van der Waals surface area contributed by atoms with E-state index in [-0.39, 0.29) is 41.8 Å². The monoisotopic (exact) mass is 698 g/mol. The standard InChI is InChI=1S/C35H38N8O8/c1-5-20-21-17-43-26(13-24-23(31(43)45)18-50-32(46)35(24,48)6-2)29(21)38-25-7-8-27(22(28(20)25)16-40(3)4)51-34(47)42-11-9-41(10-12-42)33-36-14-19(15-37-33)30(44)39-49/h7-8,13-15,48-49H,5-6,9-12,16-18H2,1-4H3,(H,39,44)/t35-/m0/s1. The quantitative estimate of drug-likeness (QED) is 0.127. The third-order valence-corrected chi connectivity index (χ3v) is 9.88. The molecule has 3 aliphatic rings. The number of benzene rings is 1. The molecule has 0 radical (unpaired) electrons. The second kappa shape index (κ2) is 13.0. The molecule has 1 aromatic carbocycles. The number of hydrogen-bond donors (Lipinski definition) is 3. The van der Waals surface area contributed by atoms with Crippen molar-refractivity contribution < 1.29 is 34.2 Å². The van der Waals surface area contributed by atoms with Gasteiger partial charge in [0, 0.05) is 67.2 Å². The number of carbonyl (C=O) groups is 3. The van der Waals surface area contributed by atoms with Gasteiger partial charge in [-0.1, -0.05) is 13.8 Å². The Hall–Kier alpha value is -5.45. The van der Waals surface area contributed by atoms with Gasteiger partial charge in [-0.2, -0.15) is 0 Å². The Bertz CT molecular complexity index is 2140. The first-order valence-electron chi connectivity index (χ1n) is 16.8. The fourth-order valence-electron chi connectivity index (χ4n) is 7.19. The van der Waals surface area contributed by atoms with Gasteiger partial charge in [0.05, 0.1) is 34.6 Å². The topological polar surface area (TPSA) is 193 Å². The molecule has 0 saturated carbocycles. The first kappa shape index (κ1) is 34.0. The second-order valence-electron chi connectivity index (χ2n) is 13.1. The Morgan fingerprint density at radius 3 is 2.43 bits per heavy atom. The number of ether oxygens (including phenoxy) is 2. The molecule has 0 bridgehead atoms. The Labute approximate surface area is 292 Å². The molecule has 3 aromatic heterocycles. The number of pyridine rings is 2. The number of piperazine rings is 1. The number of nitrogens with zero attached hydrogens (tertiary/aromatic N) is 7. The van der Waals surface area contributed by atoms with Crippen LogP contribution in [0.15, 0.2) is 35.4 Å². The van der Waals surface area contributed by atoms with Crippen LogP contribution >= 0.6 is 0 Å². The Balaban J connectivity index is 1.20. The number of esters is 1. The molecule has 0 unspecified atom stereocenters. The molecule has 4 aromatic rings. The first-order valence-corrected chi connectivity index (χ1v) is 16.8. The number of hydrogen-bond acceptors (Lipinski definition) is 13. The number of rotatable bonds is 7. The molecule has 6 heterocycles. The highest BCUT2D eigenvalue weighted by Crippen LogP contribution is 2.42. The summed E-state index contributed by atoms with van der Waals surface area (Å²) in [4.78, 5) is 70.6. The van der Waals surface area contributed by atoms with Crippen molar-refractivity contribution in [3.05, 3.63) is 74.3 Å². The summed E-state index contributed by atoms with van der Waals surface area (Å²) in [6.07, 6.45) is 2.81. The summed E-state index contributed by atoms with van der Waals surface area (Å²) in [6, 6.07) is 5.26. The maximum Gasteiger partial charge on any atom is 0.415 e. The summed E-state index contributed by atoms with van der Waals surface area (Å²) in [5.74, 6) is -0.664. The molecule has 3 N–H and O–H groups in total. The number of nitrogens with one attached hydrogen (secondary N) is 1. The van der Waals surface area contributed by atoms with E-state index >= 15 is 0 Å². The molecule has 16 nitrogen and oxygen atoms in total. The number of aliphatic hydroxyl groups is 1. The van der Waals surface area contributed by atoms with E-state index in [1.165, 1.54) is 12.4 Å². The van der Waals surface area contributed by atoms with Gasteiger partial charge < -0.3 is 33.8 Å². The van der Waals surface area contributed by atoms with Crippen molar-refractivity contribution in [2.24, 2.45) is 0 Å². The van der Waals surface area contributed by atoms with Crippen LogP contribution in [0.5, 0.6) is 5.75 Å². The van der Waals surface area contributed by atoms with Gasteiger partial charge in [0.1, 0.15) is 12.4 Å². The largest absolute Gasteiger partial charge is 0.458 e. The molecule has 1 saturated heterocycles.